The van der Waals surface area contributed by atoms with Crippen LogP contribution in [0.1, 0.15) is 39.4 Å². The molecule has 2 aromatic heterocycles. The summed E-state index contributed by atoms with van der Waals surface area (Å²) < 4.78 is 34.2. The Bertz CT molecular complexity index is 1530. The summed E-state index contributed by atoms with van der Waals surface area (Å²) in [5, 5.41) is 6.65. The highest BCUT2D eigenvalue weighted by Crippen LogP contribution is 2.30. The van der Waals surface area contributed by atoms with Gasteiger partial charge >= 0.3 is 0 Å². The number of ether oxygens (including phenoxy) is 1. The molecule has 3 heterocycles. The van der Waals surface area contributed by atoms with Crippen LogP contribution in [0.3, 0.4) is 0 Å². The van der Waals surface area contributed by atoms with Crippen LogP contribution in [-0.4, -0.2) is 22.9 Å². The van der Waals surface area contributed by atoms with Gasteiger partial charge in [0.25, 0.3) is 5.56 Å². The van der Waals surface area contributed by atoms with Gasteiger partial charge in [-0.25, -0.2) is 8.78 Å². The molecule has 1 aliphatic rings. The van der Waals surface area contributed by atoms with Crippen molar-refractivity contribution in [2.45, 2.75) is 25.3 Å². The van der Waals surface area contributed by atoms with Gasteiger partial charge in [-0.15, -0.1) is 0 Å². The lowest BCUT2D eigenvalue weighted by Gasteiger charge is -2.17. The van der Waals surface area contributed by atoms with E-state index in [-0.39, 0.29) is 42.7 Å². The Hall–Kier alpha value is -4.11. The number of amides is 1. The smallest absolute Gasteiger partial charge is 0.261 e. The van der Waals surface area contributed by atoms with Crippen LogP contribution in [0.4, 0.5) is 14.5 Å². The van der Waals surface area contributed by atoms with Crippen molar-refractivity contribution >= 4 is 28.7 Å². The molecule has 0 spiro atoms. The fourth-order valence-electron chi connectivity index (χ4n) is 4.30. The highest BCUT2D eigenvalue weighted by Gasteiger charge is 2.22. The molecule has 0 fully saturated rings. The number of halogens is 2. The lowest BCUT2D eigenvalue weighted by Crippen LogP contribution is -2.27. The van der Waals surface area contributed by atoms with Gasteiger partial charge in [0.05, 0.1) is 25.1 Å². The van der Waals surface area contributed by atoms with Crippen molar-refractivity contribution in [3.63, 3.8) is 0 Å². The Labute approximate surface area is 215 Å². The number of benzene rings is 2. The van der Waals surface area contributed by atoms with Crippen LogP contribution in [0.2, 0.25) is 0 Å². The Balaban J connectivity index is 1.32. The number of carbonyl (C=O) groups is 2. The molecule has 1 aliphatic heterocycles. The minimum atomic E-state index is -0.998. The van der Waals surface area contributed by atoms with Crippen molar-refractivity contribution in [1.82, 2.24) is 4.57 Å². The fraction of sp³-hybridized carbons (Fsp3) is 0.179. The normalized spacial score (nSPS) is 13.2. The number of aromatic nitrogens is 1. The average molecular weight is 521 g/mol. The summed E-state index contributed by atoms with van der Waals surface area (Å²) in [4.78, 5) is 37.9. The van der Waals surface area contributed by atoms with Gasteiger partial charge in [-0.2, -0.15) is 11.3 Å². The minimum Gasteiger partial charge on any atom is -0.493 e. The number of nitrogens with zero attached hydrogens (tertiary/aromatic N) is 1. The molecule has 0 aliphatic carbocycles. The molecule has 0 radical (unpaired) electrons. The Morgan fingerprint density at radius 1 is 1.08 bits per heavy atom. The van der Waals surface area contributed by atoms with Gasteiger partial charge in [-0.05, 0) is 63.8 Å². The van der Waals surface area contributed by atoms with Crippen molar-refractivity contribution in [2.75, 3.05) is 11.9 Å². The number of thiophene rings is 1. The van der Waals surface area contributed by atoms with Crippen LogP contribution in [-0.2, 0) is 17.8 Å². The molecule has 1 amide bonds. The fourth-order valence-corrected chi connectivity index (χ4v) is 5.04. The van der Waals surface area contributed by atoms with E-state index in [2.05, 4.69) is 5.32 Å². The molecular weight excluding hydrogens is 498 g/mol. The van der Waals surface area contributed by atoms with Crippen molar-refractivity contribution in [3.8, 4) is 5.75 Å². The first-order chi connectivity index (χ1) is 17.9. The molecule has 37 heavy (non-hydrogen) atoms. The standard InChI is InChI=1S/C28H22F2N2O4S/c29-23-6-3-17(10-24(23)30)14-32-8-1-2-22(28(32)35)26(33)11-20(19-7-9-37-16-19)15-36-21-5-4-18-12-27(34)31-25(18)13-21/h1-10,13,16,20H,11-12,14-15H2,(H,31,34)/t20-/m1/s1. The summed E-state index contributed by atoms with van der Waals surface area (Å²) >= 11 is 1.50. The molecule has 0 unspecified atom stereocenters. The quantitative estimate of drug-likeness (QED) is 0.309. The van der Waals surface area contributed by atoms with Crippen LogP contribution < -0.4 is 15.6 Å². The number of anilines is 1. The van der Waals surface area contributed by atoms with E-state index in [9.17, 15) is 23.2 Å². The summed E-state index contributed by atoms with van der Waals surface area (Å²) in [5.41, 5.74) is 2.47. The largest absolute Gasteiger partial charge is 0.493 e. The van der Waals surface area contributed by atoms with E-state index in [1.165, 1.54) is 34.2 Å². The molecule has 4 aromatic rings. The molecule has 0 saturated carbocycles. The first-order valence-corrected chi connectivity index (χ1v) is 12.6. The zero-order valence-electron chi connectivity index (χ0n) is 19.6. The van der Waals surface area contributed by atoms with E-state index in [0.29, 0.717) is 17.7 Å². The van der Waals surface area contributed by atoms with Gasteiger partial charge in [-0.1, -0.05) is 12.1 Å². The zero-order valence-corrected chi connectivity index (χ0v) is 20.4. The van der Waals surface area contributed by atoms with Crippen LogP contribution in [0.5, 0.6) is 5.75 Å². The second-order valence-corrected chi connectivity index (χ2v) is 9.62. The molecule has 5 rings (SSSR count). The van der Waals surface area contributed by atoms with Crippen molar-refractivity contribution < 1.29 is 23.1 Å². The first kappa shape index (κ1) is 24.6. The average Bonchev–Trinajstić information content (AvgIpc) is 3.54. The second kappa shape index (κ2) is 10.5. The van der Waals surface area contributed by atoms with E-state index in [1.54, 1.807) is 18.2 Å². The van der Waals surface area contributed by atoms with E-state index in [4.69, 9.17) is 4.74 Å². The van der Waals surface area contributed by atoms with E-state index in [0.717, 1.165) is 28.9 Å². The maximum absolute atomic E-state index is 13.6. The number of carbonyl (C=O) groups excluding carboxylic acids is 2. The van der Waals surface area contributed by atoms with Gasteiger partial charge in [0.15, 0.2) is 17.4 Å². The van der Waals surface area contributed by atoms with E-state index >= 15 is 0 Å². The lowest BCUT2D eigenvalue weighted by molar-refractivity contribution is -0.115. The molecule has 0 saturated heterocycles. The van der Waals surface area contributed by atoms with Crippen LogP contribution >= 0.6 is 11.3 Å². The van der Waals surface area contributed by atoms with Gasteiger partial charge in [0, 0.05) is 30.3 Å². The topological polar surface area (TPSA) is 77.4 Å². The first-order valence-electron chi connectivity index (χ1n) is 11.6. The SMILES string of the molecule is O=C1Cc2ccc(OC[C@@H](CC(=O)c3cccn(Cc4ccc(F)c(F)c4)c3=O)c3ccsc3)cc2N1. The predicted molar refractivity (Wildman–Crippen MR) is 136 cm³/mol. The summed E-state index contributed by atoms with van der Waals surface area (Å²) in [6.07, 6.45) is 1.89. The number of hydrogen-bond donors (Lipinski definition) is 1. The summed E-state index contributed by atoms with van der Waals surface area (Å²) in [5.74, 6) is -2.10. The number of hydrogen-bond acceptors (Lipinski definition) is 5. The van der Waals surface area contributed by atoms with E-state index < -0.39 is 17.2 Å². The Morgan fingerprint density at radius 3 is 2.73 bits per heavy atom. The molecule has 188 valence electrons. The van der Waals surface area contributed by atoms with Crippen molar-refractivity contribution in [1.29, 1.82) is 0 Å². The highest BCUT2D eigenvalue weighted by molar-refractivity contribution is 7.08. The van der Waals surface area contributed by atoms with Crippen molar-refractivity contribution in [2.24, 2.45) is 0 Å². The third-order valence-electron chi connectivity index (χ3n) is 6.26. The van der Waals surface area contributed by atoms with Crippen LogP contribution in [0, 0.1) is 11.6 Å². The maximum Gasteiger partial charge on any atom is 0.261 e. The molecule has 2 aromatic carbocycles. The number of rotatable bonds is 9. The summed E-state index contributed by atoms with van der Waals surface area (Å²) in [6.45, 7) is 0.203. The second-order valence-electron chi connectivity index (χ2n) is 8.84. The third-order valence-corrected chi connectivity index (χ3v) is 6.96. The highest BCUT2D eigenvalue weighted by atomic mass is 32.1. The molecule has 1 N–H and O–H groups in total. The van der Waals surface area contributed by atoms with Crippen LogP contribution in [0.15, 0.2) is 76.3 Å². The Morgan fingerprint density at radius 2 is 1.95 bits per heavy atom. The number of Topliss-reactive ketones (excluding diaryl/α,β-unsaturated/α-hetero) is 1. The number of nitrogens with one attached hydrogen (secondary N) is 1. The van der Waals surface area contributed by atoms with Gasteiger partial charge in [-0.3, -0.25) is 14.4 Å². The van der Waals surface area contributed by atoms with Crippen LogP contribution in [0.25, 0.3) is 0 Å². The monoisotopic (exact) mass is 520 g/mol. The van der Waals surface area contributed by atoms with Gasteiger partial charge in [0.2, 0.25) is 5.91 Å². The molecule has 1 atom stereocenters. The number of ketones is 1. The molecular formula is C28H22F2N2O4S. The van der Waals surface area contributed by atoms with Crippen molar-refractivity contribution in [3.05, 3.63) is 116 Å². The molecule has 0 bridgehead atoms. The number of pyridine rings is 1. The minimum absolute atomic E-state index is 0.00307. The molecule has 9 heteroatoms. The number of fused-ring (bicyclic) bond motifs is 1. The maximum atomic E-state index is 13.6. The van der Waals surface area contributed by atoms with Gasteiger partial charge < -0.3 is 14.6 Å². The van der Waals surface area contributed by atoms with E-state index in [1.807, 2.05) is 22.9 Å². The molecule has 6 nitrogen and oxygen atoms in total. The lowest BCUT2D eigenvalue weighted by atomic mass is 9.94. The zero-order chi connectivity index (χ0) is 25.9. The summed E-state index contributed by atoms with van der Waals surface area (Å²) in [6, 6.07) is 13.8. The summed E-state index contributed by atoms with van der Waals surface area (Å²) in [7, 11) is 0. The predicted octanol–water partition coefficient (Wildman–Crippen LogP) is 5.17. The third kappa shape index (κ3) is 5.51. The van der Waals surface area contributed by atoms with Gasteiger partial charge in [0.1, 0.15) is 5.75 Å². The Kier molecular flexibility index (Phi) is 6.96.